The number of carboxylic acids is 1. The molecule has 0 aromatic heterocycles. The third-order valence-corrected chi connectivity index (χ3v) is 4.43. The monoisotopic (exact) mass is 320 g/mol. The molecule has 7 nitrogen and oxygen atoms in total. The summed E-state index contributed by atoms with van der Waals surface area (Å²) in [5.41, 5.74) is 0.718. The zero-order valence-electron chi connectivity index (χ0n) is 13.4. The van der Waals surface area contributed by atoms with Crippen LogP contribution in [0.4, 0.5) is 5.69 Å². The highest BCUT2D eigenvalue weighted by Crippen LogP contribution is 2.30. The third-order valence-electron chi connectivity index (χ3n) is 4.43. The van der Waals surface area contributed by atoms with Crippen LogP contribution in [0.3, 0.4) is 0 Å². The molecular formula is C16H20N2O5. The Kier molecular flexibility index (Phi) is 4.68. The van der Waals surface area contributed by atoms with Crippen molar-refractivity contribution in [2.24, 2.45) is 5.92 Å². The van der Waals surface area contributed by atoms with Crippen LogP contribution in [-0.4, -0.2) is 39.4 Å². The Balaban J connectivity index is 2.32. The highest BCUT2D eigenvalue weighted by molar-refractivity contribution is 5.96. The minimum atomic E-state index is -0.922. The Hall–Kier alpha value is -2.44. The molecule has 1 aromatic carbocycles. The number of benzene rings is 1. The predicted octanol–water partition coefficient (Wildman–Crippen LogP) is 2.65. The van der Waals surface area contributed by atoms with E-state index < -0.39 is 22.9 Å². The van der Waals surface area contributed by atoms with Crippen LogP contribution in [0.15, 0.2) is 18.2 Å². The smallest absolute Gasteiger partial charge is 0.308 e. The van der Waals surface area contributed by atoms with Crippen LogP contribution >= 0.6 is 0 Å². The van der Waals surface area contributed by atoms with Crippen molar-refractivity contribution in [1.29, 1.82) is 0 Å². The first-order valence-electron chi connectivity index (χ1n) is 7.56. The SMILES string of the molecule is CC(C)c1ccc(C(=O)N2CCC(C(=O)O)C2C)cc1[N+](=O)[O-]. The fourth-order valence-electron chi connectivity index (χ4n) is 3.05. The second kappa shape index (κ2) is 6.36. The van der Waals surface area contributed by atoms with Crippen molar-refractivity contribution in [3.63, 3.8) is 0 Å². The lowest BCUT2D eigenvalue weighted by Gasteiger charge is -2.23. The van der Waals surface area contributed by atoms with Crippen LogP contribution in [0.5, 0.6) is 0 Å². The Labute approximate surface area is 134 Å². The van der Waals surface area contributed by atoms with Crippen LogP contribution < -0.4 is 0 Å². The quantitative estimate of drug-likeness (QED) is 0.679. The molecule has 0 bridgehead atoms. The van der Waals surface area contributed by atoms with Gasteiger partial charge in [0.15, 0.2) is 0 Å². The number of hydrogen-bond acceptors (Lipinski definition) is 4. The highest BCUT2D eigenvalue weighted by atomic mass is 16.6. The summed E-state index contributed by atoms with van der Waals surface area (Å²) in [6.45, 7) is 5.74. The number of rotatable bonds is 4. The fraction of sp³-hybridized carbons (Fsp3) is 0.500. The van der Waals surface area contributed by atoms with Crippen molar-refractivity contribution in [3.8, 4) is 0 Å². The molecule has 1 aromatic rings. The summed E-state index contributed by atoms with van der Waals surface area (Å²) in [5, 5.41) is 20.4. The van der Waals surface area contributed by atoms with Gasteiger partial charge in [-0.05, 0) is 25.3 Å². The van der Waals surface area contributed by atoms with Crippen molar-refractivity contribution >= 4 is 17.6 Å². The summed E-state index contributed by atoms with van der Waals surface area (Å²) < 4.78 is 0. The molecule has 1 aliphatic rings. The molecule has 2 atom stereocenters. The molecule has 2 unspecified atom stereocenters. The number of hydrogen-bond donors (Lipinski definition) is 1. The first-order chi connectivity index (χ1) is 10.7. The van der Waals surface area contributed by atoms with Gasteiger partial charge in [0.1, 0.15) is 0 Å². The summed E-state index contributed by atoms with van der Waals surface area (Å²) >= 11 is 0. The molecule has 1 fully saturated rings. The fourth-order valence-corrected chi connectivity index (χ4v) is 3.05. The van der Waals surface area contributed by atoms with Crippen LogP contribution in [0.25, 0.3) is 0 Å². The Morgan fingerprint density at radius 1 is 1.39 bits per heavy atom. The van der Waals surface area contributed by atoms with Gasteiger partial charge in [-0.25, -0.2) is 0 Å². The van der Waals surface area contributed by atoms with Crippen molar-refractivity contribution in [2.45, 2.75) is 39.2 Å². The lowest BCUT2D eigenvalue weighted by molar-refractivity contribution is -0.385. The zero-order valence-corrected chi connectivity index (χ0v) is 13.4. The summed E-state index contributed by atoms with van der Waals surface area (Å²) in [5.74, 6) is -1.90. The van der Waals surface area contributed by atoms with Crippen LogP contribution in [-0.2, 0) is 4.79 Å². The normalized spacial score (nSPS) is 20.8. The molecule has 0 aliphatic carbocycles. The molecular weight excluding hydrogens is 300 g/mol. The van der Waals surface area contributed by atoms with E-state index in [1.165, 1.54) is 11.0 Å². The maximum atomic E-state index is 12.6. The van der Waals surface area contributed by atoms with E-state index in [0.29, 0.717) is 18.5 Å². The van der Waals surface area contributed by atoms with Gasteiger partial charge in [-0.15, -0.1) is 0 Å². The number of nitro benzene ring substituents is 1. The van der Waals surface area contributed by atoms with Crippen LogP contribution in [0.1, 0.15) is 49.0 Å². The minimum Gasteiger partial charge on any atom is -0.481 e. The van der Waals surface area contributed by atoms with E-state index in [-0.39, 0.29) is 23.1 Å². The molecule has 0 saturated carbocycles. The van der Waals surface area contributed by atoms with Crippen molar-refractivity contribution in [2.75, 3.05) is 6.54 Å². The van der Waals surface area contributed by atoms with E-state index in [0.717, 1.165) is 0 Å². The lowest BCUT2D eigenvalue weighted by Crippen LogP contribution is -2.37. The number of likely N-dealkylation sites (tertiary alicyclic amines) is 1. The van der Waals surface area contributed by atoms with E-state index in [2.05, 4.69) is 0 Å². The van der Waals surface area contributed by atoms with E-state index in [1.807, 2.05) is 13.8 Å². The van der Waals surface area contributed by atoms with Gasteiger partial charge < -0.3 is 10.0 Å². The molecule has 2 rings (SSSR count). The number of carbonyl (C=O) groups excluding carboxylic acids is 1. The van der Waals surface area contributed by atoms with Gasteiger partial charge in [-0.2, -0.15) is 0 Å². The number of amides is 1. The average Bonchev–Trinajstić information content (AvgIpc) is 2.87. The average molecular weight is 320 g/mol. The summed E-state index contributed by atoms with van der Waals surface area (Å²) in [4.78, 5) is 36.0. The second-order valence-electron chi connectivity index (χ2n) is 6.16. The van der Waals surface area contributed by atoms with Crippen LogP contribution in [0, 0.1) is 16.0 Å². The first-order valence-corrected chi connectivity index (χ1v) is 7.56. The summed E-state index contributed by atoms with van der Waals surface area (Å²) in [6.07, 6.45) is 0.397. The molecule has 7 heteroatoms. The largest absolute Gasteiger partial charge is 0.481 e. The minimum absolute atomic E-state index is 0.0262. The van der Waals surface area contributed by atoms with Crippen molar-refractivity contribution < 1.29 is 19.6 Å². The van der Waals surface area contributed by atoms with E-state index >= 15 is 0 Å². The molecule has 1 aliphatic heterocycles. The number of nitro groups is 1. The van der Waals surface area contributed by atoms with Crippen LogP contribution in [0.2, 0.25) is 0 Å². The van der Waals surface area contributed by atoms with Gasteiger partial charge in [0, 0.05) is 29.8 Å². The number of nitrogens with zero attached hydrogens (tertiary/aromatic N) is 2. The molecule has 1 N–H and O–H groups in total. The highest BCUT2D eigenvalue weighted by Gasteiger charge is 2.38. The maximum Gasteiger partial charge on any atom is 0.308 e. The Morgan fingerprint density at radius 3 is 2.52 bits per heavy atom. The maximum absolute atomic E-state index is 12.6. The van der Waals surface area contributed by atoms with Crippen molar-refractivity contribution in [1.82, 2.24) is 4.90 Å². The predicted molar refractivity (Wildman–Crippen MR) is 83.4 cm³/mol. The van der Waals surface area contributed by atoms with Gasteiger partial charge >= 0.3 is 5.97 Å². The molecule has 0 spiro atoms. The molecule has 23 heavy (non-hydrogen) atoms. The van der Waals surface area contributed by atoms with Gasteiger partial charge in [-0.3, -0.25) is 19.7 Å². The number of carboxylic acid groups (broad SMARTS) is 1. The van der Waals surface area contributed by atoms with Crippen molar-refractivity contribution in [3.05, 3.63) is 39.4 Å². The van der Waals surface area contributed by atoms with Gasteiger partial charge in [-0.1, -0.05) is 19.9 Å². The topological polar surface area (TPSA) is 101 Å². The van der Waals surface area contributed by atoms with E-state index in [1.54, 1.807) is 19.1 Å². The second-order valence-corrected chi connectivity index (χ2v) is 6.16. The Bertz CT molecular complexity index is 656. The molecule has 1 amide bonds. The third kappa shape index (κ3) is 3.18. The summed E-state index contributed by atoms with van der Waals surface area (Å²) in [7, 11) is 0. The number of aliphatic carboxylic acids is 1. The van der Waals surface area contributed by atoms with E-state index in [4.69, 9.17) is 5.11 Å². The lowest BCUT2D eigenvalue weighted by atomic mass is 9.98. The standard InChI is InChI=1S/C16H20N2O5/c1-9(2)12-5-4-11(8-14(12)18(22)23)15(19)17-7-6-13(10(17)3)16(20)21/h4-5,8-10,13H,6-7H2,1-3H3,(H,20,21). The van der Waals surface area contributed by atoms with Gasteiger partial charge in [0.05, 0.1) is 10.8 Å². The summed E-state index contributed by atoms with van der Waals surface area (Å²) in [6, 6.07) is 4.04. The first kappa shape index (κ1) is 16.9. The molecule has 1 saturated heterocycles. The van der Waals surface area contributed by atoms with Gasteiger partial charge in [0.2, 0.25) is 0 Å². The number of carbonyl (C=O) groups is 2. The molecule has 1 heterocycles. The zero-order chi connectivity index (χ0) is 17.3. The van der Waals surface area contributed by atoms with E-state index in [9.17, 15) is 19.7 Å². The molecule has 0 radical (unpaired) electrons. The Morgan fingerprint density at radius 2 is 2.04 bits per heavy atom. The van der Waals surface area contributed by atoms with Gasteiger partial charge in [0.25, 0.3) is 11.6 Å². The molecule has 124 valence electrons.